The summed E-state index contributed by atoms with van der Waals surface area (Å²) in [5.74, 6) is 0.459. The van der Waals surface area contributed by atoms with Crippen molar-refractivity contribution in [2.24, 2.45) is 5.92 Å². The molecule has 5 nitrogen and oxygen atoms in total. The Kier molecular flexibility index (Phi) is 3.99. The number of hydrogen-bond acceptors (Lipinski definition) is 3. The fourth-order valence-electron chi connectivity index (χ4n) is 2.84. The molecule has 1 heterocycles. The Hall–Kier alpha value is -1.39. The Bertz CT molecular complexity index is 408. The van der Waals surface area contributed by atoms with E-state index >= 15 is 0 Å². The third kappa shape index (κ3) is 2.54. The summed E-state index contributed by atoms with van der Waals surface area (Å²) in [7, 11) is 0. The van der Waals surface area contributed by atoms with Gasteiger partial charge >= 0.3 is 5.97 Å². The van der Waals surface area contributed by atoms with Crippen molar-refractivity contribution in [3.8, 4) is 0 Å². The molecule has 1 atom stereocenters. The lowest BCUT2D eigenvalue weighted by Crippen LogP contribution is -2.26. The first-order valence-corrected chi connectivity index (χ1v) is 6.73. The van der Waals surface area contributed by atoms with E-state index in [4.69, 9.17) is 0 Å². The Morgan fingerprint density at radius 2 is 2.06 bits per heavy atom. The summed E-state index contributed by atoms with van der Waals surface area (Å²) < 4.78 is 1.77. The molecule has 5 heteroatoms. The Morgan fingerprint density at radius 3 is 2.61 bits per heavy atom. The van der Waals surface area contributed by atoms with Crippen LogP contribution in [0.1, 0.15) is 63.7 Å². The van der Waals surface area contributed by atoms with E-state index in [1.807, 2.05) is 13.8 Å². The number of carboxylic acids is 1. The molecule has 0 spiro atoms. The fraction of sp³-hybridized carbons (Fsp3) is 0.769. The maximum atomic E-state index is 11.4. The molecule has 1 aromatic rings. The lowest BCUT2D eigenvalue weighted by atomic mass is 9.88. The molecule has 18 heavy (non-hydrogen) atoms. The monoisotopic (exact) mass is 251 g/mol. The van der Waals surface area contributed by atoms with Crippen LogP contribution in [0.15, 0.2) is 6.33 Å². The fourth-order valence-corrected chi connectivity index (χ4v) is 2.84. The smallest absolute Gasteiger partial charge is 0.327 e. The first-order valence-electron chi connectivity index (χ1n) is 6.73. The van der Waals surface area contributed by atoms with Crippen molar-refractivity contribution in [2.45, 2.75) is 57.9 Å². The van der Waals surface area contributed by atoms with Crippen molar-refractivity contribution in [3.05, 3.63) is 12.2 Å². The van der Waals surface area contributed by atoms with Crippen LogP contribution in [0.3, 0.4) is 0 Å². The molecule has 1 fully saturated rings. The van der Waals surface area contributed by atoms with Crippen molar-refractivity contribution < 1.29 is 9.90 Å². The normalized spacial score (nSPS) is 19.1. The van der Waals surface area contributed by atoms with Crippen LogP contribution in [0.2, 0.25) is 0 Å². The van der Waals surface area contributed by atoms with Gasteiger partial charge in [-0.15, -0.1) is 10.2 Å². The van der Waals surface area contributed by atoms with E-state index in [0.29, 0.717) is 5.92 Å². The van der Waals surface area contributed by atoms with Crippen LogP contribution in [0.25, 0.3) is 0 Å². The van der Waals surface area contributed by atoms with Crippen LogP contribution in [-0.4, -0.2) is 25.8 Å². The molecule has 0 aliphatic heterocycles. The topological polar surface area (TPSA) is 68.0 Å². The molecule has 0 radical (unpaired) electrons. The van der Waals surface area contributed by atoms with E-state index in [-0.39, 0.29) is 5.92 Å². The Balaban J connectivity index is 2.27. The van der Waals surface area contributed by atoms with Crippen LogP contribution < -0.4 is 0 Å². The molecule has 1 unspecified atom stereocenters. The minimum Gasteiger partial charge on any atom is -0.480 e. The number of carboxylic acid groups (broad SMARTS) is 1. The lowest BCUT2D eigenvalue weighted by molar-refractivity contribution is -0.142. The second kappa shape index (κ2) is 5.50. The molecule has 1 N–H and O–H groups in total. The van der Waals surface area contributed by atoms with E-state index in [9.17, 15) is 9.90 Å². The summed E-state index contributed by atoms with van der Waals surface area (Å²) in [6, 6.07) is -0.558. The van der Waals surface area contributed by atoms with Gasteiger partial charge in [0.05, 0.1) is 0 Å². The van der Waals surface area contributed by atoms with E-state index in [1.54, 1.807) is 10.9 Å². The molecule has 2 rings (SSSR count). The van der Waals surface area contributed by atoms with Gasteiger partial charge < -0.3 is 9.67 Å². The number of aromatic nitrogens is 3. The summed E-state index contributed by atoms with van der Waals surface area (Å²) >= 11 is 0. The molecule has 100 valence electrons. The van der Waals surface area contributed by atoms with Gasteiger partial charge in [-0.05, 0) is 18.8 Å². The minimum atomic E-state index is -0.804. The van der Waals surface area contributed by atoms with Gasteiger partial charge in [0.2, 0.25) is 0 Å². The number of nitrogens with zero attached hydrogens (tertiary/aromatic N) is 3. The number of hydrogen-bond donors (Lipinski definition) is 1. The highest BCUT2D eigenvalue weighted by Gasteiger charge is 2.29. The number of carbonyl (C=O) groups is 1. The molecule has 1 aliphatic rings. The average molecular weight is 251 g/mol. The van der Waals surface area contributed by atoms with E-state index in [2.05, 4.69) is 10.2 Å². The summed E-state index contributed by atoms with van der Waals surface area (Å²) in [5.41, 5.74) is 0. The number of rotatable bonds is 4. The first-order chi connectivity index (χ1) is 8.61. The van der Waals surface area contributed by atoms with Crippen LogP contribution in [0, 0.1) is 5.92 Å². The van der Waals surface area contributed by atoms with Crippen LogP contribution in [0.4, 0.5) is 0 Å². The minimum absolute atomic E-state index is 0.0286. The third-order valence-electron chi connectivity index (χ3n) is 3.76. The lowest BCUT2D eigenvalue weighted by Gasteiger charge is -2.25. The maximum absolute atomic E-state index is 11.4. The maximum Gasteiger partial charge on any atom is 0.327 e. The molecule has 1 aromatic heterocycles. The predicted octanol–water partition coefficient (Wildman–Crippen LogP) is 2.61. The summed E-state index contributed by atoms with van der Waals surface area (Å²) in [6.07, 6.45) is 7.46. The zero-order valence-corrected chi connectivity index (χ0v) is 11.0. The standard InChI is InChI=1S/C13H21N3O2/c1-9(2)11(13(17)18)16-8-14-15-12(16)10-6-4-3-5-7-10/h8-11H,3-7H2,1-2H3,(H,17,18). The quantitative estimate of drug-likeness (QED) is 0.893. The highest BCUT2D eigenvalue weighted by Crippen LogP contribution is 2.33. The molecular weight excluding hydrogens is 230 g/mol. The Morgan fingerprint density at radius 1 is 1.39 bits per heavy atom. The highest BCUT2D eigenvalue weighted by atomic mass is 16.4. The summed E-state index contributed by atoms with van der Waals surface area (Å²) in [6.45, 7) is 3.84. The van der Waals surface area contributed by atoms with Crippen molar-refractivity contribution in [1.82, 2.24) is 14.8 Å². The van der Waals surface area contributed by atoms with Crippen molar-refractivity contribution >= 4 is 5.97 Å². The van der Waals surface area contributed by atoms with Gasteiger partial charge in [0.1, 0.15) is 18.2 Å². The van der Waals surface area contributed by atoms with Crippen molar-refractivity contribution in [3.63, 3.8) is 0 Å². The average Bonchev–Trinajstić information content (AvgIpc) is 2.78. The van der Waals surface area contributed by atoms with Gasteiger partial charge in [0.25, 0.3) is 0 Å². The van der Waals surface area contributed by atoms with E-state index in [0.717, 1.165) is 18.7 Å². The van der Waals surface area contributed by atoms with Gasteiger partial charge in [-0.2, -0.15) is 0 Å². The van der Waals surface area contributed by atoms with Crippen molar-refractivity contribution in [1.29, 1.82) is 0 Å². The largest absolute Gasteiger partial charge is 0.480 e. The van der Waals surface area contributed by atoms with Gasteiger partial charge in [-0.1, -0.05) is 33.1 Å². The van der Waals surface area contributed by atoms with Crippen LogP contribution >= 0.6 is 0 Å². The van der Waals surface area contributed by atoms with Gasteiger partial charge in [-0.25, -0.2) is 4.79 Å². The molecule has 1 aliphatic carbocycles. The van der Waals surface area contributed by atoms with Crippen molar-refractivity contribution in [2.75, 3.05) is 0 Å². The summed E-state index contributed by atoms with van der Waals surface area (Å²) in [4.78, 5) is 11.4. The molecule has 1 saturated carbocycles. The molecular formula is C13H21N3O2. The number of aliphatic carboxylic acids is 1. The molecule has 0 bridgehead atoms. The third-order valence-corrected chi connectivity index (χ3v) is 3.76. The zero-order chi connectivity index (χ0) is 13.1. The highest BCUT2D eigenvalue weighted by molar-refractivity contribution is 5.72. The zero-order valence-electron chi connectivity index (χ0n) is 11.0. The van der Waals surface area contributed by atoms with Gasteiger partial charge in [-0.3, -0.25) is 0 Å². The SMILES string of the molecule is CC(C)C(C(=O)O)n1cnnc1C1CCCCC1. The predicted molar refractivity (Wildman–Crippen MR) is 67.4 cm³/mol. The second-order valence-electron chi connectivity index (χ2n) is 5.46. The molecule has 0 amide bonds. The van der Waals surface area contributed by atoms with E-state index in [1.165, 1.54) is 19.3 Å². The van der Waals surface area contributed by atoms with Gasteiger partial charge in [0.15, 0.2) is 0 Å². The van der Waals surface area contributed by atoms with Crippen LogP contribution in [0.5, 0.6) is 0 Å². The Labute approximate surface area is 107 Å². The van der Waals surface area contributed by atoms with Crippen LogP contribution in [-0.2, 0) is 4.79 Å². The second-order valence-corrected chi connectivity index (χ2v) is 5.46. The first kappa shape index (κ1) is 13.1. The molecule has 0 saturated heterocycles. The summed E-state index contributed by atoms with van der Waals surface area (Å²) in [5, 5.41) is 17.5. The molecule has 0 aromatic carbocycles. The van der Waals surface area contributed by atoms with Gasteiger partial charge in [0, 0.05) is 5.92 Å². The van der Waals surface area contributed by atoms with E-state index < -0.39 is 12.0 Å².